The molecule has 7 heteroatoms. The number of carbonyl (C=O) groups is 1. The summed E-state index contributed by atoms with van der Waals surface area (Å²) < 4.78 is 10.5. The summed E-state index contributed by atoms with van der Waals surface area (Å²) in [6.07, 6.45) is 0.308. The van der Waals surface area contributed by atoms with Crippen molar-refractivity contribution >= 4 is 17.5 Å². The summed E-state index contributed by atoms with van der Waals surface area (Å²) in [6.45, 7) is 5.37. The Morgan fingerprint density at radius 1 is 1.43 bits per heavy atom. The van der Waals surface area contributed by atoms with E-state index >= 15 is 0 Å². The molecule has 0 aliphatic rings. The van der Waals surface area contributed by atoms with Gasteiger partial charge in [0.1, 0.15) is 0 Å². The Labute approximate surface area is 140 Å². The monoisotopic (exact) mass is 337 g/mol. The minimum atomic E-state index is -0.115. The van der Waals surface area contributed by atoms with E-state index in [-0.39, 0.29) is 12.5 Å². The maximum absolute atomic E-state index is 11.7. The average Bonchev–Trinajstić information content (AvgIpc) is 2.98. The van der Waals surface area contributed by atoms with Crippen molar-refractivity contribution in [3.8, 4) is 11.4 Å². The quantitative estimate of drug-likeness (QED) is 0.749. The van der Waals surface area contributed by atoms with Crippen molar-refractivity contribution in [1.82, 2.24) is 15.5 Å². The van der Waals surface area contributed by atoms with Crippen LogP contribution in [-0.4, -0.2) is 29.3 Å². The molecular formula is C16H20ClN3O3. The zero-order chi connectivity index (χ0) is 16.7. The molecule has 1 aromatic heterocycles. The summed E-state index contributed by atoms with van der Waals surface area (Å²) in [6, 6.07) is 7.17. The van der Waals surface area contributed by atoms with Crippen molar-refractivity contribution in [3.05, 3.63) is 35.2 Å². The van der Waals surface area contributed by atoms with Gasteiger partial charge in [-0.05, 0) is 18.1 Å². The number of carbonyl (C=O) groups excluding carboxylic acids is 1. The lowest BCUT2D eigenvalue weighted by atomic mass is 10.2. The maximum atomic E-state index is 11.7. The second-order valence-electron chi connectivity index (χ2n) is 5.52. The Morgan fingerprint density at radius 2 is 2.26 bits per heavy atom. The molecule has 0 radical (unpaired) electrons. The van der Waals surface area contributed by atoms with Gasteiger partial charge in [0.05, 0.1) is 13.2 Å². The van der Waals surface area contributed by atoms with Crippen LogP contribution < -0.4 is 5.32 Å². The summed E-state index contributed by atoms with van der Waals surface area (Å²) in [5.41, 5.74) is 0.765. The fourth-order valence-corrected chi connectivity index (χ4v) is 2.01. The van der Waals surface area contributed by atoms with Crippen LogP contribution in [0.4, 0.5) is 0 Å². The molecular weight excluding hydrogens is 318 g/mol. The third-order valence-corrected chi connectivity index (χ3v) is 3.15. The summed E-state index contributed by atoms with van der Waals surface area (Å²) in [5, 5.41) is 7.20. The molecule has 124 valence electrons. The van der Waals surface area contributed by atoms with Gasteiger partial charge in [-0.3, -0.25) is 4.79 Å². The lowest BCUT2D eigenvalue weighted by Gasteiger charge is -2.06. The predicted molar refractivity (Wildman–Crippen MR) is 86.9 cm³/mol. The Balaban J connectivity index is 1.77. The van der Waals surface area contributed by atoms with Crippen LogP contribution in [0.3, 0.4) is 0 Å². The number of benzene rings is 1. The lowest BCUT2D eigenvalue weighted by molar-refractivity contribution is -0.122. The molecule has 1 heterocycles. The number of ether oxygens (including phenoxy) is 1. The highest BCUT2D eigenvalue weighted by molar-refractivity contribution is 6.30. The van der Waals surface area contributed by atoms with Gasteiger partial charge < -0.3 is 14.6 Å². The van der Waals surface area contributed by atoms with E-state index in [0.717, 1.165) is 5.56 Å². The first-order valence-corrected chi connectivity index (χ1v) is 7.85. The SMILES string of the molecule is CC(C)COCCC(=O)NCc1nc(-c2cccc(Cl)c2)no1. The first-order valence-electron chi connectivity index (χ1n) is 7.47. The van der Waals surface area contributed by atoms with E-state index < -0.39 is 0 Å². The normalized spacial score (nSPS) is 11.0. The largest absolute Gasteiger partial charge is 0.381 e. The number of aromatic nitrogens is 2. The average molecular weight is 338 g/mol. The van der Waals surface area contributed by atoms with Crippen LogP contribution in [0, 0.1) is 5.92 Å². The summed E-state index contributed by atoms with van der Waals surface area (Å²) in [7, 11) is 0. The Hall–Kier alpha value is -1.92. The van der Waals surface area contributed by atoms with Gasteiger partial charge in [-0.2, -0.15) is 4.98 Å². The highest BCUT2D eigenvalue weighted by atomic mass is 35.5. The number of nitrogens with zero attached hydrogens (tertiary/aromatic N) is 2. The van der Waals surface area contributed by atoms with Gasteiger partial charge in [0.25, 0.3) is 0 Å². The summed E-state index contributed by atoms with van der Waals surface area (Å²) in [5.74, 6) is 1.13. The van der Waals surface area contributed by atoms with E-state index in [4.69, 9.17) is 20.9 Å². The summed E-state index contributed by atoms with van der Waals surface area (Å²) >= 11 is 5.93. The first-order chi connectivity index (χ1) is 11.0. The maximum Gasteiger partial charge on any atom is 0.246 e. The molecule has 6 nitrogen and oxygen atoms in total. The van der Waals surface area contributed by atoms with Gasteiger partial charge in [0.2, 0.25) is 17.6 Å². The highest BCUT2D eigenvalue weighted by Gasteiger charge is 2.10. The highest BCUT2D eigenvalue weighted by Crippen LogP contribution is 2.19. The fourth-order valence-electron chi connectivity index (χ4n) is 1.82. The van der Waals surface area contributed by atoms with Gasteiger partial charge in [-0.15, -0.1) is 0 Å². The van der Waals surface area contributed by atoms with Crippen LogP contribution in [0.1, 0.15) is 26.2 Å². The van der Waals surface area contributed by atoms with Crippen LogP contribution in [0.25, 0.3) is 11.4 Å². The molecule has 1 N–H and O–H groups in total. The zero-order valence-electron chi connectivity index (χ0n) is 13.2. The van der Waals surface area contributed by atoms with Gasteiger partial charge in [-0.1, -0.05) is 42.7 Å². The van der Waals surface area contributed by atoms with Crippen molar-refractivity contribution in [2.45, 2.75) is 26.8 Å². The molecule has 1 amide bonds. The van der Waals surface area contributed by atoms with E-state index in [0.29, 0.717) is 42.3 Å². The fraction of sp³-hybridized carbons (Fsp3) is 0.438. The number of halogens is 1. The molecule has 0 bridgehead atoms. The molecule has 0 spiro atoms. The van der Waals surface area contributed by atoms with Crippen LogP contribution in [0.2, 0.25) is 5.02 Å². The van der Waals surface area contributed by atoms with Crippen LogP contribution in [-0.2, 0) is 16.1 Å². The van der Waals surface area contributed by atoms with E-state index in [1.807, 2.05) is 12.1 Å². The lowest BCUT2D eigenvalue weighted by Crippen LogP contribution is -2.24. The molecule has 0 atom stereocenters. The van der Waals surface area contributed by atoms with Crippen LogP contribution in [0.5, 0.6) is 0 Å². The molecule has 0 unspecified atom stereocenters. The Bertz CT molecular complexity index is 643. The van der Waals surface area contributed by atoms with Crippen LogP contribution in [0.15, 0.2) is 28.8 Å². The van der Waals surface area contributed by atoms with Crippen LogP contribution >= 0.6 is 11.6 Å². The van der Waals surface area contributed by atoms with Crippen molar-refractivity contribution < 1.29 is 14.1 Å². The molecule has 2 aromatic rings. The Morgan fingerprint density at radius 3 is 3.00 bits per heavy atom. The molecule has 1 aromatic carbocycles. The van der Waals surface area contributed by atoms with E-state index in [1.165, 1.54) is 0 Å². The van der Waals surface area contributed by atoms with Gasteiger partial charge in [-0.25, -0.2) is 0 Å². The van der Waals surface area contributed by atoms with E-state index in [2.05, 4.69) is 29.3 Å². The summed E-state index contributed by atoms with van der Waals surface area (Å²) in [4.78, 5) is 15.9. The third kappa shape index (κ3) is 6.00. The molecule has 2 rings (SSSR count). The van der Waals surface area contributed by atoms with Crippen molar-refractivity contribution in [2.24, 2.45) is 5.92 Å². The molecule has 0 aliphatic carbocycles. The third-order valence-electron chi connectivity index (χ3n) is 2.91. The molecule has 0 saturated carbocycles. The second kappa shape index (κ2) is 8.64. The zero-order valence-corrected chi connectivity index (χ0v) is 14.0. The topological polar surface area (TPSA) is 77.2 Å². The van der Waals surface area contributed by atoms with Gasteiger partial charge >= 0.3 is 0 Å². The Kier molecular flexibility index (Phi) is 6.55. The standard InChI is InChI=1S/C16H20ClN3O3/c1-11(2)10-22-7-6-14(21)18-9-15-19-16(20-23-15)12-4-3-5-13(17)8-12/h3-5,8,11H,6-7,9-10H2,1-2H3,(H,18,21). The number of hydrogen-bond donors (Lipinski definition) is 1. The van der Waals surface area contributed by atoms with E-state index in [9.17, 15) is 4.79 Å². The minimum Gasteiger partial charge on any atom is -0.381 e. The number of hydrogen-bond acceptors (Lipinski definition) is 5. The van der Waals surface area contributed by atoms with Crippen molar-refractivity contribution in [1.29, 1.82) is 0 Å². The minimum absolute atomic E-state index is 0.115. The molecule has 0 saturated heterocycles. The molecule has 0 fully saturated rings. The number of amides is 1. The van der Waals surface area contributed by atoms with Crippen molar-refractivity contribution in [2.75, 3.05) is 13.2 Å². The molecule has 23 heavy (non-hydrogen) atoms. The van der Waals surface area contributed by atoms with Gasteiger partial charge in [0, 0.05) is 23.6 Å². The van der Waals surface area contributed by atoms with Gasteiger partial charge in [0.15, 0.2) is 0 Å². The van der Waals surface area contributed by atoms with Crippen molar-refractivity contribution in [3.63, 3.8) is 0 Å². The number of rotatable bonds is 8. The smallest absolute Gasteiger partial charge is 0.246 e. The molecule has 0 aliphatic heterocycles. The second-order valence-corrected chi connectivity index (χ2v) is 5.95. The predicted octanol–water partition coefficient (Wildman–Crippen LogP) is 3.07. The first kappa shape index (κ1) is 17.4. The number of nitrogens with one attached hydrogen (secondary N) is 1. The van der Waals surface area contributed by atoms with E-state index in [1.54, 1.807) is 12.1 Å².